The third-order valence-corrected chi connectivity index (χ3v) is 14.4. The number of aromatic nitrogens is 5. The lowest BCUT2D eigenvalue weighted by atomic mass is 9.66. The lowest BCUT2D eigenvalue weighted by Crippen LogP contribution is -2.32. The van der Waals surface area contributed by atoms with Crippen LogP contribution in [0, 0.1) is 0 Å². The van der Waals surface area contributed by atoms with Crippen molar-refractivity contribution in [2.24, 2.45) is 0 Å². The number of hydrogen-bond acceptors (Lipinski definition) is 6. The van der Waals surface area contributed by atoms with E-state index in [4.69, 9.17) is 29.1 Å². The van der Waals surface area contributed by atoms with Crippen LogP contribution < -0.4 is 4.74 Å². The Bertz CT molecular complexity index is 4200. The summed E-state index contributed by atoms with van der Waals surface area (Å²) < 4.78 is 15.5. The van der Waals surface area contributed by atoms with Gasteiger partial charge in [0, 0.05) is 61.2 Å². The molecule has 0 fully saturated rings. The van der Waals surface area contributed by atoms with Crippen molar-refractivity contribution in [1.82, 2.24) is 24.5 Å². The van der Waals surface area contributed by atoms with Gasteiger partial charge in [-0.15, -0.1) is 0 Å². The fourth-order valence-corrected chi connectivity index (χ4v) is 11.4. The first-order chi connectivity index (χ1) is 34.7. The molecule has 4 aromatic heterocycles. The number of fused-ring (bicyclic) bond motifs is 15. The summed E-state index contributed by atoms with van der Waals surface area (Å²) in [6.45, 7) is 0. The molecule has 0 saturated carbocycles. The molecule has 2 aliphatic rings. The topological polar surface area (TPSA) is 78.9 Å². The molecule has 0 amide bonds. The van der Waals surface area contributed by atoms with Crippen molar-refractivity contribution in [3.05, 3.63) is 247 Å². The van der Waals surface area contributed by atoms with Gasteiger partial charge in [0.2, 0.25) is 0 Å². The zero-order valence-corrected chi connectivity index (χ0v) is 37.4. The van der Waals surface area contributed by atoms with E-state index >= 15 is 0 Å². The van der Waals surface area contributed by atoms with Crippen LogP contribution in [-0.2, 0) is 5.41 Å². The van der Waals surface area contributed by atoms with Gasteiger partial charge in [-0.2, -0.15) is 0 Å². The molecule has 1 spiro atoms. The molecule has 0 unspecified atom stereocenters. The standard InChI is InChI=1S/C63H37N5O2/c1-2-15-38(16-3-1)60-65-61(41-17-14-18-42(33-41)68-53-25-10-5-20-45(53)46-21-6-11-26-54(46)68)67-62(66-60)48-36-64-37-58-59(48)47-34-39(30-32-55(47)69-58)40-29-31-44-43-19-4-7-22-49(43)63(52(44)35-40)50-23-8-12-27-56(50)70-57-28-13-9-24-51(57)63/h1-37H. The van der Waals surface area contributed by atoms with E-state index in [1.165, 1.54) is 33.0 Å². The Hall–Kier alpha value is -9.46. The Morgan fingerprint density at radius 3 is 1.74 bits per heavy atom. The van der Waals surface area contributed by atoms with Crippen molar-refractivity contribution in [1.29, 1.82) is 0 Å². The number of ether oxygens (including phenoxy) is 1. The van der Waals surface area contributed by atoms with Crippen LogP contribution in [0.25, 0.3) is 106 Å². The van der Waals surface area contributed by atoms with Gasteiger partial charge >= 0.3 is 0 Å². The van der Waals surface area contributed by atoms with Crippen molar-refractivity contribution in [2.75, 3.05) is 0 Å². The SMILES string of the molecule is c1ccc(-c2nc(-c3cccc(-n4c5ccccc5c5ccccc54)c3)nc(-c3cncc4oc5ccc(-c6ccc7c(c6)C6(c8ccccc8Oc8ccccc86)c6ccccc6-7)cc5c34)n2)cc1. The van der Waals surface area contributed by atoms with Crippen LogP contribution in [0.1, 0.15) is 22.3 Å². The van der Waals surface area contributed by atoms with Crippen molar-refractivity contribution in [3.63, 3.8) is 0 Å². The van der Waals surface area contributed by atoms with Gasteiger partial charge < -0.3 is 13.7 Å². The Kier molecular flexibility index (Phi) is 8.15. The van der Waals surface area contributed by atoms with Gasteiger partial charge in [-0.1, -0.05) is 158 Å². The highest BCUT2D eigenvalue weighted by atomic mass is 16.5. The highest BCUT2D eigenvalue weighted by molar-refractivity contribution is 6.13. The Morgan fingerprint density at radius 1 is 0.371 bits per heavy atom. The lowest BCUT2D eigenvalue weighted by molar-refractivity contribution is 0.436. The van der Waals surface area contributed by atoms with Crippen LogP contribution in [0.4, 0.5) is 0 Å². The zero-order valence-electron chi connectivity index (χ0n) is 37.4. The first-order valence-corrected chi connectivity index (χ1v) is 23.5. The van der Waals surface area contributed by atoms with Crippen molar-refractivity contribution in [3.8, 4) is 73.6 Å². The molecule has 7 nitrogen and oxygen atoms in total. The van der Waals surface area contributed by atoms with Gasteiger partial charge in [-0.25, -0.2) is 15.0 Å². The maximum Gasteiger partial charge on any atom is 0.166 e. The molecule has 0 N–H and O–H groups in total. The third kappa shape index (κ3) is 5.51. The first kappa shape index (κ1) is 38.6. The van der Waals surface area contributed by atoms with Crippen molar-refractivity contribution < 1.29 is 9.15 Å². The van der Waals surface area contributed by atoms with Gasteiger partial charge in [0.1, 0.15) is 17.1 Å². The summed E-state index contributed by atoms with van der Waals surface area (Å²) in [5.74, 6) is 3.37. The normalized spacial score (nSPS) is 13.1. The fraction of sp³-hybridized carbons (Fsp3) is 0.0159. The summed E-state index contributed by atoms with van der Waals surface area (Å²) >= 11 is 0. The first-order valence-electron chi connectivity index (χ1n) is 23.5. The van der Waals surface area contributed by atoms with E-state index in [2.05, 4.69) is 187 Å². The van der Waals surface area contributed by atoms with E-state index < -0.39 is 5.41 Å². The molecule has 1 aliphatic heterocycles. The maximum atomic E-state index is 6.62. The third-order valence-electron chi connectivity index (χ3n) is 14.4. The largest absolute Gasteiger partial charge is 0.457 e. The molecular weight excluding hydrogens is 859 g/mol. The Balaban J connectivity index is 0.906. The maximum absolute atomic E-state index is 6.62. The molecule has 5 heterocycles. The number of para-hydroxylation sites is 4. The van der Waals surface area contributed by atoms with Crippen LogP contribution in [-0.4, -0.2) is 24.5 Å². The highest BCUT2D eigenvalue weighted by Gasteiger charge is 2.51. The number of nitrogens with zero attached hydrogens (tertiary/aromatic N) is 5. The van der Waals surface area contributed by atoms with E-state index in [0.29, 0.717) is 23.1 Å². The summed E-state index contributed by atoms with van der Waals surface area (Å²) in [6, 6.07) is 74.8. The van der Waals surface area contributed by atoms with Crippen LogP contribution in [0.2, 0.25) is 0 Å². The highest BCUT2D eigenvalue weighted by Crippen LogP contribution is 2.62. The fourth-order valence-electron chi connectivity index (χ4n) is 11.4. The van der Waals surface area contributed by atoms with E-state index in [-0.39, 0.29) is 0 Å². The Labute approximate surface area is 401 Å². The van der Waals surface area contributed by atoms with E-state index in [0.717, 1.165) is 83.5 Å². The average Bonchev–Trinajstić information content (AvgIpc) is 4.08. The molecule has 70 heavy (non-hydrogen) atoms. The molecule has 7 heteroatoms. The van der Waals surface area contributed by atoms with E-state index in [9.17, 15) is 0 Å². The molecule has 0 radical (unpaired) electrons. The van der Waals surface area contributed by atoms with Crippen LogP contribution in [0.5, 0.6) is 11.5 Å². The molecule has 326 valence electrons. The molecule has 0 saturated heterocycles. The summed E-state index contributed by atoms with van der Waals surface area (Å²) in [7, 11) is 0. The predicted octanol–water partition coefficient (Wildman–Crippen LogP) is 15.4. The van der Waals surface area contributed by atoms with Crippen molar-refractivity contribution in [2.45, 2.75) is 5.41 Å². The van der Waals surface area contributed by atoms with Gasteiger partial charge in [-0.3, -0.25) is 4.98 Å². The van der Waals surface area contributed by atoms with Crippen LogP contribution >= 0.6 is 0 Å². The number of hydrogen-bond donors (Lipinski definition) is 0. The average molecular weight is 896 g/mol. The summed E-state index contributed by atoms with van der Waals surface area (Å²) in [5, 5.41) is 4.24. The van der Waals surface area contributed by atoms with Gasteiger partial charge in [-0.05, 0) is 88.0 Å². The number of furan rings is 1. The van der Waals surface area contributed by atoms with E-state index in [1.54, 1.807) is 6.20 Å². The van der Waals surface area contributed by atoms with Crippen LogP contribution in [0.3, 0.4) is 0 Å². The zero-order chi connectivity index (χ0) is 45.9. The molecule has 0 atom stereocenters. The monoisotopic (exact) mass is 895 g/mol. The second-order valence-corrected chi connectivity index (χ2v) is 18.1. The lowest BCUT2D eigenvalue weighted by Gasteiger charge is -2.39. The van der Waals surface area contributed by atoms with Crippen molar-refractivity contribution >= 4 is 43.7 Å². The molecule has 1 aliphatic carbocycles. The van der Waals surface area contributed by atoms with Gasteiger partial charge in [0.15, 0.2) is 23.1 Å². The quantitative estimate of drug-likeness (QED) is 0.171. The molecule has 13 aromatic rings. The van der Waals surface area contributed by atoms with E-state index in [1.807, 2.05) is 36.5 Å². The Morgan fingerprint density at radius 2 is 0.971 bits per heavy atom. The van der Waals surface area contributed by atoms with Crippen LogP contribution in [0.15, 0.2) is 229 Å². The van der Waals surface area contributed by atoms with Gasteiger partial charge in [0.25, 0.3) is 0 Å². The summed E-state index contributed by atoms with van der Waals surface area (Å²) in [5.41, 5.74) is 16.0. The minimum Gasteiger partial charge on any atom is -0.457 e. The number of benzene rings is 9. The summed E-state index contributed by atoms with van der Waals surface area (Å²) in [6.07, 6.45) is 3.63. The molecule has 15 rings (SSSR count). The minimum absolute atomic E-state index is 0.506. The number of pyridine rings is 1. The minimum atomic E-state index is -0.575. The van der Waals surface area contributed by atoms with Gasteiger partial charge in [0.05, 0.1) is 22.6 Å². The second kappa shape index (κ2) is 14.8. The molecular formula is C63H37N5O2. The second-order valence-electron chi connectivity index (χ2n) is 18.1. The predicted molar refractivity (Wildman–Crippen MR) is 278 cm³/mol. The molecule has 9 aromatic carbocycles. The smallest absolute Gasteiger partial charge is 0.166 e. The molecule has 0 bridgehead atoms. The summed E-state index contributed by atoms with van der Waals surface area (Å²) in [4.78, 5) is 20.3. The number of rotatable bonds is 5.